The Bertz CT molecular complexity index is 508. The Labute approximate surface area is 142 Å². The maximum Gasteiger partial charge on any atom is 0.236 e. The molecule has 0 saturated carbocycles. The van der Waals surface area contributed by atoms with Crippen LogP contribution in [0, 0.1) is 0 Å². The molecule has 6 nitrogen and oxygen atoms in total. The highest BCUT2D eigenvalue weighted by molar-refractivity contribution is 7.09. The van der Waals surface area contributed by atoms with Crippen molar-refractivity contribution in [3.8, 4) is 0 Å². The fraction of sp³-hybridized carbons (Fsp3) is 0.750. The van der Waals surface area contributed by atoms with E-state index < -0.39 is 0 Å². The largest absolute Gasteiger partial charge is 0.378 e. The predicted octanol–water partition coefficient (Wildman–Crippen LogP) is 0.682. The summed E-state index contributed by atoms with van der Waals surface area (Å²) in [5, 5.41) is 3.39. The lowest BCUT2D eigenvalue weighted by atomic mass is 10.3. The van der Waals surface area contributed by atoms with Crippen LogP contribution in [-0.2, 0) is 22.5 Å². The average Bonchev–Trinajstić information content (AvgIpc) is 3.05. The maximum absolute atomic E-state index is 12.3. The lowest BCUT2D eigenvalue weighted by Gasteiger charge is -2.35. The molecule has 0 radical (unpaired) electrons. The summed E-state index contributed by atoms with van der Waals surface area (Å²) in [7, 11) is 0. The standard InChI is InChI=1S/C16H26N4O2S/c1-2-15-17-14(13-23-15)11-18-3-5-19(6-4-18)12-16(21)20-7-9-22-10-8-20/h13H,2-12H2,1H3. The molecule has 0 N–H and O–H groups in total. The summed E-state index contributed by atoms with van der Waals surface area (Å²) < 4.78 is 5.30. The van der Waals surface area contributed by atoms with Crippen molar-refractivity contribution >= 4 is 17.2 Å². The second-order valence-corrected chi connectivity index (χ2v) is 7.07. The molecule has 0 unspecified atom stereocenters. The van der Waals surface area contributed by atoms with Gasteiger partial charge in [-0.2, -0.15) is 0 Å². The summed E-state index contributed by atoms with van der Waals surface area (Å²) in [6.45, 7) is 10.4. The minimum atomic E-state index is 0.244. The van der Waals surface area contributed by atoms with E-state index in [9.17, 15) is 4.79 Å². The van der Waals surface area contributed by atoms with Crippen molar-refractivity contribution in [3.05, 3.63) is 16.1 Å². The Morgan fingerprint density at radius 3 is 2.52 bits per heavy atom. The Morgan fingerprint density at radius 1 is 1.17 bits per heavy atom. The highest BCUT2D eigenvalue weighted by atomic mass is 32.1. The van der Waals surface area contributed by atoms with Gasteiger partial charge >= 0.3 is 0 Å². The second kappa shape index (κ2) is 8.19. The number of rotatable bonds is 5. The topological polar surface area (TPSA) is 48.9 Å². The van der Waals surface area contributed by atoms with Crippen LogP contribution in [-0.4, -0.2) is 84.6 Å². The van der Waals surface area contributed by atoms with Crippen molar-refractivity contribution in [2.24, 2.45) is 0 Å². The van der Waals surface area contributed by atoms with Gasteiger partial charge in [-0.3, -0.25) is 14.6 Å². The van der Waals surface area contributed by atoms with E-state index in [1.807, 2.05) is 4.90 Å². The molecule has 0 spiro atoms. The molecule has 0 aliphatic carbocycles. The Morgan fingerprint density at radius 2 is 1.87 bits per heavy atom. The molecule has 3 heterocycles. The highest BCUT2D eigenvalue weighted by Crippen LogP contribution is 2.13. The third kappa shape index (κ3) is 4.73. The zero-order chi connectivity index (χ0) is 16.1. The van der Waals surface area contributed by atoms with Gasteiger partial charge in [-0.1, -0.05) is 6.92 Å². The van der Waals surface area contributed by atoms with Crippen molar-refractivity contribution in [1.82, 2.24) is 19.7 Å². The predicted molar refractivity (Wildman–Crippen MR) is 90.6 cm³/mol. The first-order valence-corrected chi connectivity index (χ1v) is 9.36. The summed E-state index contributed by atoms with van der Waals surface area (Å²) in [6, 6.07) is 0. The summed E-state index contributed by atoms with van der Waals surface area (Å²) in [5.74, 6) is 0.244. The fourth-order valence-corrected chi connectivity index (χ4v) is 3.76. The number of carbonyl (C=O) groups is 1. The minimum absolute atomic E-state index is 0.244. The number of hydrogen-bond acceptors (Lipinski definition) is 6. The number of carbonyl (C=O) groups excluding carboxylic acids is 1. The number of amides is 1. The molecular weight excluding hydrogens is 312 g/mol. The van der Waals surface area contributed by atoms with E-state index in [2.05, 4.69) is 27.1 Å². The van der Waals surface area contributed by atoms with Gasteiger partial charge in [0.1, 0.15) is 0 Å². The van der Waals surface area contributed by atoms with E-state index in [-0.39, 0.29) is 5.91 Å². The lowest BCUT2D eigenvalue weighted by Crippen LogP contribution is -2.51. The quantitative estimate of drug-likeness (QED) is 0.790. The third-order valence-corrected chi connectivity index (χ3v) is 5.52. The van der Waals surface area contributed by atoms with E-state index in [4.69, 9.17) is 4.74 Å². The number of hydrogen-bond donors (Lipinski definition) is 0. The molecule has 0 aromatic carbocycles. The smallest absolute Gasteiger partial charge is 0.236 e. The van der Waals surface area contributed by atoms with E-state index in [1.165, 1.54) is 10.7 Å². The number of aryl methyl sites for hydroxylation is 1. The molecule has 1 aromatic rings. The number of morpholine rings is 1. The fourth-order valence-electron chi connectivity index (χ4n) is 3.02. The van der Waals surface area contributed by atoms with Crippen LogP contribution < -0.4 is 0 Å². The van der Waals surface area contributed by atoms with Crippen molar-refractivity contribution in [2.75, 3.05) is 59.0 Å². The van der Waals surface area contributed by atoms with E-state index in [0.717, 1.165) is 52.2 Å². The van der Waals surface area contributed by atoms with Gasteiger partial charge in [-0.25, -0.2) is 4.98 Å². The molecule has 1 aromatic heterocycles. The molecule has 2 aliphatic heterocycles. The van der Waals surface area contributed by atoms with Gasteiger partial charge in [-0.15, -0.1) is 11.3 Å². The SMILES string of the molecule is CCc1nc(CN2CCN(CC(=O)N3CCOCC3)CC2)cs1. The number of piperazine rings is 1. The van der Waals surface area contributed by atoms with E-state index >= 15 is 0 Å². The van der Waals surface area contributed by atoms with Gasteiger partial charge < -0.3 is 9.64 Å². The van der Waals surface area contributed by atoms with Crippen LogP contribution in [0.15, 0.2) is 5.38 Å². The first-order chi connectivity index (χ1) is 11.2. The van der Waals surface area contributed by atoms with E-state index in [0.29, 0.717) is 19.8 Å². The monoisotopic (exact) mass is 338 g/mol. The van der Waals surface area contributed by atoms with Gasteiger partial charge in [0.2, 0.25) is 5.91 Å². The van der Waals surface area contributed by atoms with Crippen LogP contribution in [0.4, 0.5) is 0 Å². The summed E-state index contributed by atoms with van der Waals surface area (Å²) in [5.41, 5.74) is 1.18. The molecule has 1 amide bonds. The Kier molecular flexibility index (Phi) is 5.99. The van der Waals surface area contributed by atoms with Gasteiger partial charge in [-0.05, 0) is 6.42 Å². The number of ether oxygens (including phenoxy) is 1. The molecular formula is C16H26N4O2S. The maximum atomic E-state index is 12.3. The van der Waals surface area contributed by atoms with Gasteiger partial charge in [0, 0.05) is 51.2 Å². The van der Waals surface area contributed by atoms with E-state index in [1.54, 1.807) is 11.3 Å². The lowest BCUT2D eigenvalue weighted by molar-refractivity contribution is -0.136. The first-order valence-electron chi connectivity index (χ1n) is 8.48. The highest BCUT2D eigenvalue weighted by Gasteiger charge is 2.23. The second-order valence-electron chi connectivity index (χ2n) is 6.13. The van der Waals surface area contributed by atoms with Crippen LogP contribution >= 0.6 is 11.3 Å². The molecule has 3 rings (SSSR count). The van der Waals surface area contributed by atoms with Gasteiger partial charge in [0.05, 0.1) is 30.5 Å². The molecule has 23 heavy (non-hydrogen) atoms. The minimum Gasteiger partial charge on any atom is -0.378 e. The van der Waals surface area contributed by atoms with Crippen LogP contribution in [0.25, 0.3) is 0 Å². The van der Waals surface area contributed by atoms with Crippen molar-refractivity contribution < 1.29 is 9.53 Å². The van der Waals surface area contributed by atoms with Crippen LogP contribution in [0.5, 0.6) is 0 Å². The molecule has 128 valence electrons. The normalized spacial score (nSPS) is 20.8. The average molecular weight is 338 g/mol. The molecule has 0 atom stereocenters. The van der Waals surface area contributed by atoms with Crippen LogP contribution in [0.2, 0.25) is 0 Å². The summed E-state index contributed by atoms with van der Waals surface area (Å²) >= 11 is 1.75. The number of nitrogens with zero attached hydrogens (tertiary/aromatic N) is 4. The van der Waals surface area contributed by atoms with Crippen molar-refractivity contribution in [1.29, 1.82) is 0 Å². The number of aromatic nitrogens is 1. The number of thiazole rings is 1. The van der Waals surface area contributed by atoms with Gasteiger partial charge in [0.25, 0.3) is 0 Å². The third-order valence-electron chi connectivity index (χ3n) is 4.47. The molecule has 7 heteroatoms. The van der Waals surface area contributed by atoms with Gasteiger partial charge in [0.15, 0.2) is 0 Å². The Hall–Kier alpha value is -1.02. The van der Waals surface area contributed by atoms with Crippen molar-refractivity contribution in [2.45, 2.75) is 19.9 Å². The zero-order valence-electron chi connectivity index (χ0n) is 13.9. The van der Waals surface area contributed by atoms with Crippen molar-refractivity contribution in [3.63, 3.8) is 0 Å². The molecule has 2 saturated heterocycles. The van der Waals surface area contributed by atoms with Crippen LogP contribution in [0.1, 0.15) is 17.6 Å². The van der Waals surface area contributed by atoms with Crippen LogP contribution in [0.3, 0.4) is 0 Å². The molecule has 0 bridgehead atoms. The molecule has 2 fully saturated rings. The zero-order valence-corrected chi connectivity index (χ0v) is 14.7. The first kappa shape index (κ1) is 16.8. The Balaban J connectivity index is 1.40. The summed E-state index contributed by atoms with van der Waals surface area (Å²) in [4.78, 5) is 23.6. The molecule has 2 aliphatic rings. The summed E-state index contributed by atoms with van der Waals surface area (Å²) in [6.07, 6.45) is 1.02.